The van der Waals surface area contributed by atoms with E-state index < -0.39 is 11.5 Å². The van der Waals surface area contributed by atoms with Crippen LogP contribution < -0.4 is 5.32 Å². The summed E-state index contributed by atoms with van der Waals surface area (Å²) in [4.78, 5) is 25.9. The molecular formula is C26H32FNO4. The van der Waals surface area contributed by atoms with Gasteiger partial charge in [-0.25, -0.2) is 9.18 Å². The minimum absolute atomic E-state index is 0.0847. The third kappa shape index (κ3) is 5.18. The first-order chi connectivity index (χ1) is 15.3. The summed E-state index contributed by atoms with van der Waals surface area (Å²) >= 11 is 0. The van der Waals surface area contributed by atoms with Crippen LogP contribution >= 0.6 is 0 Å². The Hall–Kier alpha value is -2.73. The van der Waals surface area contributed by atoms with Gasteiger partial charge in [0.15, 0.2) is 0 Å². The molecule has 2 aromatic carbocycles. The van der Waals surface area contributed by atoms with Crippen molar-refractivity contribution in [2.45, 2.75) is 58.4 Å². The Labute approximate surface area is 189 Å². The maximum atomic E-state index is 13.3. The lowest BCUT2D eigenvalue weighted by Gasteiger charge is -2.38. The SMILES string of the molecule is CCOC(=O)[C@]1(NC(=O)Cc2c(C)ccc(-c3ccc(F)cc3)c2C)CC[C@@H](CO)CC1. The van der Waals surface area contributed by atoms with Crippen molar-refractivity contribution in [1.29, 1.82) is 0 Å². The van der Waals surface area contributed by atoms with Crippen molar-refractivity contribution in [3.63, 3.8) is 0 Å². The minimum Gasteiger partial charge on any atom is -0.464 e. The van der Waals surface area contributed by atoms with Gasteiger partial charge in [-0.1, -0.05) is 24.3 Å². The Morgan fingerprint density at radius 3 is 2.38 bits per heavy atom. The van der Waals surface area contributed by atoms with Gasteiger partial charge in [-0.15, -0.1) is 0 Å². The van der Waals surface area contributed by atoms with E-state index in [2.05, 4.69) is 5.32 Å². The molecule has 172 valence electrons. The summed E-state index contributed by atoms with van der Waals surface area (Å²) in [6.07, 6.45) is 2.37. The molecule has 5 nitrogen and oxygen atoms in total. The van der Waals surface area contributed by atoms with E-state index in [1.54, 1.807) is 19.1 Å². The van der Waals surface area contributed by atoms with Gasteiger partial charge in [-0.2, -0.15) is 0 Å². The highest BCUT2D eigenvalue weighted by atomic mass is 19.1. The quantitative estimate of drug-likeness (QED) is 0.630. The Balaban J connectivity index is 1.83. The van der Waals surface area contributed by atoms with Crippen LogP contribution in [0.5, 0.6) is 0 Å². The number of amides is 1. The van der Waals surface area contributed by atoms with Crippen LogP contribution in [0.2, 0.25) is 0 Å². The van der Waals surface area contributed by atoms with Gasteiger partial charge in [0.05, 0.1) is 13.0 Å². The zero-order chi connectivity index (χ0) is 23.3. The number of hydrogen-bond donors (Lipinski definition) is 2. The van der Waals surface area contributed by atoms with E-state index in [-0.39, 0.29) is 37.3 Å². The number of esters is 1. The maximum Gasteiger partial charge on any atom is 0.331 e. The van der Waals surface area contributed by atoms with Gasteiger partial charge in [0.2, 0.25) is 5.91 Å². The molecule has 0 heterocycles. The van der Waals surface area contributed by atoms with Gasteiger partial charge in [0.1, 0.15) is 11.4 Å². The fourth-order valence-electron chi connectivity index (χ4n) is 4.58. The third-order valence-electron chi connectivity index (χ3n) is 6.59. The summed E-state index contributed by atoms with van der Waals surface area (Å²) in [5.41, 5.74) is 3.62. The van der Waals surface area contributed by atoms with Crippen molar-refractivity contribution in [3.05, 3.63) is 58.9 Å². The van der Waals surface area contributed by atoms with Crippen LogP contribution in [-0.4, -0.2) is 35.7 Å². The largest absolute Gasteiger partial charge is 0.464 e. The van der Waals surface area contributed by atoms with Crippen LogP contribution in [0.25, 0.3) is 11.1 Å². The molecule has 0 spiro atoms. The van der Waals surface area contributed by atoms with E-state index in [0.29, 0.717) is 25.7 Å². The van der Waals surface area contributed by atoms with Crippen molar-refractivity contribution in [2.24, 2.45) is 5.92 Å². The number of halogens is 1. The second-order valence-corrected chi connectivity index (χ2v) is 8.69. The lowest BCUT2D eigenvalue weighted by Crippen LogP contribution is -2.57. The number of rotatable bonds is 7. The van der Waals surface area contributed by atoms with Gasteiger partial charge < -0.3 is 15.2 Å². The number of aliphatic hydroxyl groups is 1. The summed E-state index contributed by atoms with van der Waals surface area (Å²) in [5.74, 6) is -0.786. The lowest BCUT2D eigenvalue weighted by molar-refractivity contribution is -0.155. The van der Waals surface area contributed by atoms with Crippen molar-refractivity contribution >= 4 is 11.9 Å². The van der Waals surface area contributed by atoms with Crippen LogP contribution in [0.15, 0.2) is 36.4 Å². The first-order valence-electron chi connectivity index (χ1n) is 11.2. The van der Waals surface area contributed by atoms with Gasteiger partial charge in [-0.05, 0) is 92.3 Å². The molecule has 2 aromatic rings. The summed E-state index contributed by atoms with van der Waals surface area (Å²) < 4.78 is 18.6. The van der Waals surface area contributed by atoms with E-state index in [1.807, 2.05) is 26.0 Å². The Kier molecular flexibility index (Phi) is 7.67. The summed E-state index contributed by atoms with van der Waals surface area (Å²) in [5, 5.41) is 12.4. The van der Waals surface area contributed by atoms with E-state index in [4.69, 9.17) is 4.74 Å². The zero-order valence-corrected chi connectivity index (χ0v) is 19.0. The summed E-state index contributed by atoms with van der Waals surface area (Å²) in [7, 11) is 0. The molecule has 0 bridgehead atoms. The van der Waals surface area contributed by atoms with Gasteiger partial charge in [-0.3, -0.25) is 4.79 Å². The molecule has 0 aliphatic heterocycles. The van der Waals surface area contributed by atoms with Crippen molar-refractivity contribution in [3.8, 4) is 11.1 Å². The number of nitrogens with one attached hydrogen (secondary N) is 1. The molecule has 3 rings (SSSR count). The standard InChI is InChI=1S/C26H32FNO4/c1-4-32-25(31)26(13-11-19(16-29)12-14-26)28-24(30)15-23-17(2)5-10-22(18(23)3)20-6-8-21(27)9-7-20/h5-10,19,29H,4,11-16H2,1-3H3,(H,28,30)/t19-,26+. The molecule has 1 aliphatic rings. The molecule has 1 saturated carbocycles. The predicted octanol–water partition coefficient (Wildman–Crippen LogP) is 4.25. The number of carbonyl (C=O) groups excluding carboxylic acids is 2. The normalized spacial score (nSPS) is 20.6. The van der Waals surface area contributed by atoms with Crippen LogP contribution in [0.1, 0.15) is 49.3 Å². The highest BCUT2D eigenvalue weighted by molar-refractivity contribution is 5.89. The molecule has 0 aromatic heterocycles. The van der Waals surface area contributed by atoms with Gasteiger partial charge in [0.25, 0.3) is 0 Å². The van der Waals surface area contributed by atoms with Gasteiger partial charge in [0, 0.05) is 6.61 Å². The Morgan fingerprint density at radius 1 is 1.12 bits per heavy atom. The number of aliphatic hydroxyl groups excluding tert-OH is 1. The predicted molar refractivity (Wildman–Crippen MR) is 122 cm³/mol. The Bertz CT molecular complexity index is 963. The molecule has 6 heteroatoms. The Morgan fingerprint density at radius 2 is 1.78 bits per heavy atom. The van der Waals surface area contributed by atoms with E-state index in [0.717, 1.165) is 27.8 Å². The van der Waals surface area contributed by atoms with Gasteiger partial charge >= 0.3 is 5.97 Å². The number of hydrogen-bond acceptors (Lipinski definition) is 4. The highest BCUT2D eigenvalue weighted by Gasteiger charge is 2.44. The average Bonchev–Trinajstić information content (AvgIpc) is 2.78. The topological polar surface area (TPSA) is 75.6 Å². The first-order valence-corrected chi connectivity index (χ1v) is 11.2. The van der Waals surface area contributed by atoms with Crippen LogP contribution in [0.3, 0.4) is 0 Å². The molecule has 0 radical (unpaired) electrons. The zero-order valence-electron chi connectivity index (χ0n) is 19.0. The first kappa shape index (κ1) is 23.9. The van der Waals surface area contributed by atoms with E-state index >= 15 is 0 Å². The van der Waals surface area contributed by atoms with Crippen LogP contribution in [0.4, 0.5) is 4.39 Å². The fourth-order valence-corrected chi connectivity index (χ4v) is 4.58. The number of benzene rings is 2. The third-order valence-corrected chi connectivity index (χ3v) is 6.59. The van der Waals surface area contributed by atoms with Crippen molar-refractivity contribution in [2.75, 3.05) is 13.2 Å². The summed E-state index contributed by atoms with van der Waals surface area (Å²) in [6.45, 7) is 6.00. The number of ether oxygens (including phenoxy) is 1. The maximum absolute atomic E-state index is 13.3. The second-order valence-electron chi connectivity index (χ2n) is 8.69. The lowest BCUT2D eigenvalue weighted by atomic mass is 9.76. The van der Waals surface area contributed by atoms with E-state index in [9.17, 15) is 19.1 Å². The monoisotopic (exact) mass is 441 g/mol. The molecule has 0 unspecified atom stereocenters. The average molecular weight is 442 g/mol. The van der Waals surface area contributed by atoms with Crippen LogP contribution in [-0.2, 0) is 20.7 Å². The molecule has 32 heavy (non-hydrogen) atoms. The summed E-state index contributed by atoms with van der Waals surface area (Å²) in [6, 6.07) is 10.2. The molecule has 0 saturated heterocycles. The van der Waals surface area contributed by atoms with Crippen molar-refractivity contribution < 1.29 is 23.8 Å². The number of carbonyl (C=O) groups is 2. The minimum atomic E-state index is -1.05. The molecule has 2 N–H and O–H groups in total. The smallest absolute Gasteiger partial charge is 0.331 e. The highest BCUT2D eigenvalue weighted by Crippen LogP contribution is 2.34. The molecule has 1 fully saturated rings. The molecular weight excluding hydrogens is 409 g/mol. The molecule has 1 amide bonds. The number of aryl methyl sites for hydroxylation is 1. The fraction of sp³-hybridized carbons (Fsp3) is 0.462. The second kappa shape index (κ2) is 10.3. The van der Waals surface area contributed by atoms with Crippen molar-refractivity contribution in [1.82, 2.24) is 5.32 Å². The molecule has 1 aliphatic carbocycles. The van der Waals surface area contributed by atoms with Crippen LogP contribution in [0, 0.1) is 25.6 Å². The molecule has 0 atom stereocenters. The van der Waals surface area contributed by atoms with E-state index in [1.165, 1.54) is 12.1 Å².